The van der Waals surface area contributed by atoms with E-state index in [1.807, 2.05) is 0 Å². The van der Waals surface area contributed by atoms with Gasteiger partial charge in [0.15, 0.2) is 0 Å². The third-order valence-corrected chi connectivity index (χ3v) is 3.11. The lowest BCUT2D eigenvalue weighted by molar-refractivity contribution is -0.121. The SMILES string of the molecule is O=C(Cc1ccccc1Cl)NNC(=O)c1ccccc1F. The monoisotopic (exact) mass is 306 g/mol. The summed E-state index contributed by atoms with van der Waals surface area (Å²) in [6.45, 7) is 0. The molecule has 0 unspecified atom stereocenters. The lowest BCUT2D eigenvalue weighted by atomic mass is 10.1. The molecule has 0 heterocycles. The van der Waals surface area contributed by atoms with Crippen molar-refractivity contribution in [3.63, 3.8) is 0 Å². The summed E-state index contributed by atoms with van der Waals surface area (Å²) in [6, 6.07) is 12.4. The van der Waals surface area contributed by atoms with E-state index in [4.69, 9.17) is 11.6 Å². The molecule has 0 spiro atoms. The summed E-state index contributed by atoms with van der Waals surface area (Å²) in [7, 11) is 0. The Bertz CT molecular complexity index is 676. The van der Waals surface area contributed by atoms with Crippen molar-refractivity contribution in [2.45, 2.75) is 6.42 Å². The standard InChI is InChI=1S/C15H12ClFN2O2/c16-12-7-3-1-5-10(12)9-14(20)18-19-15(21)11-6-2-4-8-13(11)17/h1-8H,9H2,(H,18,20)(H,19,21). The molecule has 0 fully saturated rings. The van der Waals surface area contributed by atoms with Crippen molar-refractivity contribution in [3.8, 4) is 0 Å². The van der Waals surface area contributed by atoms with E-state index in [9.17, 15) is 14.0 Å². The third kappa shape index (κ3) is 4.03. The molecule has 2 aromatic carbocycles. The number of nitrogens with one attached hydrogen (secondary N) is 2. The smallest absolute Gasteiger partial charge is 0.272 e. The molecule has 0 saturated carbocycles. The molecular formula is C15H12ClFN2O2. The average molecular weight is 307 g/mol. The Labute approximate surface area is 125 Å². The van der Waals surface area contributed by atoms with Gasteiger partial charge < -0.3 is 0 Å². The number of halogens is 2. The maximum atomic E-state index is 13.4. The van der Waals surface area contributed by atoms with Crippen LogP contribution in [0.25, 0.3) is 0 Å². The van der Waals surface area contributed by atoms with E-state index in [0.29, 0.717) is 10.6 Å². The van der Waals surface area contributed by atoms with Crippen molar-refractivity contribution in [3.05, 3.63) is 70.5 Å². The molecule has 2 rings (SSSR count). The minimum absolute atomic E-state index is 0.0111. The van der Waals surface area contributed by atoms with Crippen LogP contribution in [0.15, 0.2) is 48.5 Å². The Balaban J connectivity index is 1.91. The van der Waals surface area contributed by atoms with Crippen molar-refractivity contribution < 1.29 is 14.0 Å². The Kier molecular flexibility index (Phi) is 4.90. The van der Waals surface area contributed by atoms with Crippen LogP contribution in [0.3, 0.4) is 0 Å². The lowest BCUT2D eigenvalue weighted by Crippen LogP contribution is -2.42. The molecule has 21 heavy (non-hydrogen) atoms. The van der Waals surface area contributed by atoms with E-state index in [1.54, 1.807) is 24.3 Å². The molecule has 2 amide bonds. The Hall–Kier alpha value is -2.40. The first-order valence-corrected chi connectivity index (χ1v) is 6.53. The highest BCUT2D eigenvalue weighted by Crippen LogP contribution is 2.15. The topological polar surface area (TPSA) is 58.2 Å². The molecule has 0 saturated heterocycles. The van der Waals surface area contributed by atoms with Gasteiger partial charge in [0.2, 0.25) is 5.91 Å². The normalized spacial score (nSPS) is 10.0. The number of carbonyl (C=O) groups is 2. The number of amides is 2. The van der Waals surface area contributed by atoms with Crippen LogP contribution < -0.4 is 10.9 Å². The second-order valence-corrected chi connectivity index (χ2v) is 4.66. The van der Waals surface area contributed by atoms with Crippen LogP contribution in [0, 0.1) is 5.82 Å². The van der Waals surface area contributed by atoms with Crippen LogP contribution in [-0.2, 0) is 11.2 Å². The molecule has 0 aliphatic heterocycles. The molecule has 0 aromatic heterocycles. The molecule has 0 radical (unpaired) electrons. The first kappa shape index (κ1) is 15.0. The van der Waals surface area contributed by atoms with E-state index >= 15 is 0 Å². The van der Waals surface area contributed by atoms with Gasteiger partial charge >= 0.3 is 0 Å². The maximum Gasteiger partial charge on any atom is 0.272 e. The van der Waals surface area contributed by atoms with E-state index in [-0.39, 0.29) is 12.0 Å². The van der Waals surface area contributed by atoms with Crippen LogP contribution in [0.4, 0.5) is 4.39 Å². The van der Waals surface area contributed by atoms with Gasteiger partial charge in [-0.25, -0.2) is 4.39 Å². The van der Waals surface area contributed by atoms with Crippen LogP contribution in [-0.4, -0.2) is 11.8 Å². The number of rotatable bonds is 3. The third-order valence-electron chi connectivity index (χ3n) is 2.74. The summed E-state index contributed by atoms with van der Waals surface area (Å²) in [5.74, 6) is -1.83. The molecule has 0 bridgehead atoms. The van der Waals surface area contributed by atoms with Crippen molar-refractivity contribution >= 4 is 23.4 Å². The number of hydrazine groups is 1. The van der Waals surface area contributed by atoms with E-state index in [0.717, 1.165) is 0 Å². The second-order valence-electron chi connectivity index (χ2n) is 4.25. The first-order chi connectivity index (χ1) is 10.1. The highest BCUT2D eigenvalue weighted by atomic mass is 35.5. The summed E-state index contributed by atoms with van der Waals surface area (Å²) < 4.78 is 13.4. The summed E-state index contributed by atoms with van der Waals surface area (Å²) in [4.78, 5) is 23.4. The Morgan fingerprint density at radius 3 is 2.38 bits per heavy atom. The predicted molar refractivity (Wildman–Crippen MR) is 77.2 cm³/mol. The molecule has 4 nitrogen and oxygen atoms in total. The molecule has 0 aliphatic carbocycles. The number of carbonyl (C=O) groups excluding carboxylic acids is 2. The molecule has 2 aromatic rings. The van der Waals surface area contributed by atoms with Crippen LogP contribution in [0.5, 0.6) is 0 Å². The van der Waals surface area contributed by atoms with Gasteiger partial charge in [-0.2, -0.15) is 0 Å². The van der Waals surface area contributed by atoms with E-state index in [2.05, 4.69) is 10.9 Å². The minimum atomic E-state index is -0.722. The second kappa shape index (κ2) is 6.85. The van der Waals surface area contributed by atoms with Gasteiger partial charge in [0.1, 0.15) is 5.82 Å². The van der Waals surface area contributed by atoms with Gasteiger partial charge in [-0.15, -0.1) is 0 Å². The van der Waals surface area contributed by atoms with Gasteiger partial charge in [-0.1, -0.05) is 41.9 Å². The molecule has 2 N–H and O–H groups in total. The van der Waals surface area contributed by atoms with E-state index < -0.39 is 17.6 Å². The number of hydrogen-bond donors (Lipinski definition) is 2. The maximum absolute atomic E-state index is 13.4. The van der Waals surface area contributed by atoms with Crippen LogP contribution in [0.2, 0.25) is 5.02 Å². The fraction of sp³-hybridized carbons (Fsp3) is 0.0667. The van der Waals surface area contributed by atoms with Crippen molar-refractivity contribution in [2.24, 2.45) is 0 Å². The summed E-state index contributed by atoms with van der Waals surface area (Å²) in [5, 5.41) is 0.466. The number of hydrogen-bond acceptors (Lipinski definition) is 2. The van der Waals surface area contributed by atoms with Crippen molar-refractivity contribution in [1.29, 1.82) is 0 Å². The van der Waals surface area contributed by atoms with Crippen molar-refractivity contribution in [2.75, 3.05) is 0 Å². The quantitative estimate of drug-likeness (QED) is 0.856. The fourth-order valence-corrected chi connectivity index (χ4v) is 1.90. The summed E-state index contributed by atoms with van der Waals surface area (Å²) >= 11 is 5.93. The fourth-order valence-electron chi connectivity index (χ4n) is 1.70. The van der Waals surface area contributed by atoms with Crippen LogP contribution in [0.1, 0.15) is 15.9 Å². The lowest BCUT2D eigenvalue weighted by Gasteiger charge is -2.08. The highest BCUT2D eigenvalue weighted by Gasteiger charge is 2.12. The van der Waals surface area contributed by atoms with Crippen LogP contribution >= 0.6 is 11.6 Å². The Morgan fingerprint density at radius 1 is 1.00 bits per heavy atom. The van der Waals surface area contributed by atoms with Gasteiger partial charge in [-0.05, 0) is 23.8 Å². The Morgan fingerprint density at radius 2 is 1.67 bits per heavy atom. The minimum Gasteiger partial charge on any atom is -0.273 e. The first-order valence-electron chi connectivity index (χ1n) is 6.15. The van der Waals surface area contributed by atoms with Gasteiger partial charge in [0, 0.05) is 5.02 Å². The number of benzene rings is 2. The zero-order valence-electron chi connectivity index (χ0n) is 10.9. The van der Waals surface area contributed by atoms with E-state index in [1.165, 1.54) is 24.3 Å². The molecule has 108 valence electrons. The molecule has 6 heteroatoms. The van der Waals surface area contributed by atoms with Gasteiger partial charge in [0.05, 0.1) is 12.0 Å². The predicted octanol–water partition coefficient (Wildman–Crippen LogP) is 2.48. The molecule has 0 aliphatic rings. The zero-order valence-corrected chi connectivity index (χ0v) is 11.7. The highest BCUT2D eigenvalue weighted by molar-refractivity contribution is 6.31. The van der Waals surface area contributed by atoms with Gasteiger partial charge in [-0.3, -0.25) is 20.4 Å². The average Bonchev–Trinajstić information content (AvgIpc) is 2.48. The summed E-state index contributed by atoms with van der Waals surface area (Å²) in [6.07, 6.45) is 0.0111. The largest absolute Gasteiger partial charge is 0.273 e. The summed E-state index contributed by atoms with van der Waals surface area (Å²) in [5.41, 5.74) is 4.87. The molecular weight excluding hydrogens is 295 g/mol. The van der Waals surface area contributed by atoms with Crippen molar-refractivity contribution in [1.82, 2.24) is 10.9 Å². The molecule has 0 atom stereocenters. The zero-order chi connectivity index (χ0) is 15.2. The van der Waals surface area contributed by atoms with Gasteiger partial charge in [0.25, 0.3) is 5.91 Å².